The number of halogens is 5. The third-order valence-electron chi connectivity index (χ3n) is 1.62. The Hall–Kier alpha value is 0.630. The lowest BCUT2D eigenvalue weighted by Crippen LogP contribution is -2.34. The van der Waals surface area contributed by atoms with Crippen LogP contribution in [0.1, 0.15) is 5.56 Å². The van der Waals surface area contributed by atoms with Crippen molar-refractivity contribution >= 4 is 58.3 Å². The first-order valence-corrected chi connectivity index (χ1v) is 5.35. The van der Waals surface area contributed by atoms with Gasteiger partial charge in [-0.3, -0.25) is 0 Å². The monoisotopic (exact) mass is 292 g/mol. The first-order chi connectivity index (χ1) is 6.42. The maximum atomic E-state index is 5.98. The highest BCUT2D eigenvalue weighted by molar-refractivity contribution is 6.70. The number of hydrogen-bond donors (Lipinski definition) is 0. The molecule has 1 atom stereocenters. The Morgan fingerprint density at radius 2 is 1.43 bits per heavy atom. The summed E-state index contributed by atoms with van der Waals surface area (Å²) in [6, 6.07) is 8.57. The van der Waals surface area contributed by atoms with Gasteiger partial charge in [0.25, 0.3) is 0 Å². The second-order valence-corrected chi connectivity index (χ2v) is 5.50. The van der Waals surface area contributed by atoms with Crippen LogP contribution in [-0.2, 0) is 9.35 Å². The smallest absolute Gasteiger partial charge is 0.239 e. The van der Waals surface area contributed by atoms with E-state index in [1.54, 1.807) is 30.3 Å². The van der Waals surface area contributed by atoms with Crippen LogP contribution in [0.5, 0.6) is 0 Å². The van der Waals surface area contributed by atoms with Crippen LogP contribution in [0, 0.1) is 0 Å². The molecule has 1 aromatic rings. The van der Waals surface area contributed by atoms with Crippen molar-refractivity contribution in [3.63, 3.8) is 0 Å². The fourth-order valence-electron chi connectivity index (χ4n) is 0.904. The molecule has 1 aromatic carbocycles. The predicted octanol–water partition coefficient (Wildman–Crippen LogP) is 4.62. The summed E-state index contributed by atoms with van der Waals surface area (Å²) in [7, 11) is 0. The van der Waals surface area contributed by atoms with Gasteiger partial charge in [-0.1, -0.05) is 76.7 Å². The van der Waals surface area contributed by atoms with E-state index in [1.807, 2.05) is 0 Å². The molecule has 0 radical (unpaired) electrons. The highest BCUT2D eigenvalue weighted by atomic mass is 35.6. The number of hydrogen-bond acceptors (Lipinski definition) is 1. The van der Waals surface area contributed by atoms with E-state index in [4.69, 9.17) is 58.3 Å². The van der Waals surface area contributed by atoms with E-state index in [9.17, 15) is 0 Å². The van der Waals surface area contributed by atoms with Crippen LogP contribution in [0.4, 0.5) is 0 Å². The lowest BCUT2D eigenvalue weighted by molar-refractivity contribution is 0.182. The molecule has 0 saturated carbocycles. The Morgan fingerprint density at radius 1 is 0.929 bits per heavy atom. The number of alkyl halides is 4. The van der Waals surface area contributed by atoms with Gasteiger partial charge in [0.2, 0.25) is 8.85 Å². The lowest BCUT2D eigenvalue weighted by Gasteiger charge is -2.30. The van der Waals surface area contributed by atoms with E-state index < -0.39 is 8.85 Å². The standard InChI is InChI=1S/C8H5Cl5O/c9-7(14-13,8(10,11)12)6-4-2-1-3-5-6/h1-5H. The van der Waals surface area contributed by atoms with Crippen LogP contribution in [0.2, 0.25) is 0 Å². The number of benzene rings is 1. The molecule has 14 heavy (non-hydrogen) atoms. The Bertz CT molecular complexity index is 296. The highest BCUT2D eigenvalue weighted by Crippen LogP contribution is 2.51. The van der Waals surface area contributed by atoms with Gasteiger partial charge >= 0.3 is 0 Å². The van der Waals surface area contributed by atoms with E-state index in [-0.39, 0.29) is 0 Å². The zero-order valence-corrected chi connectivity index (χ0v) is 10.5. The first-order valence-electron chi connectivity index (χ1n) is 3.53. The van der Waals surface area contributed by atoms with E-state index in [2.05, 4.69) is 4.29 Å². The molecule has 0 aromatic heterocycles. The van der Waals surface area contributed by atoms with Gasteiger partial charge in [-0.15, -0.1) is 0 Å². The third-order valence-corrected chi connectivity index (χ3v) is 3.59. The summed E-state index contributed by atoms with van der Waals surface area (Å²) in [4.78, 5) is 0. The summed E-state index contributed by atoms with van der Waals surface area (Å²) < 4.78 is 2.67. The van der Waals surface area contributed by atoms with Gasteiger partial charge in [0.1, 0.15) is 0 Å². The third kappa shape index (κ3) is 2.41. The molecule has 0 bridgehead atoms. The average Bonchev–Trinajstić information content (AvgIpc) is 2.16. The molecule has 1 nitrogen and oxygen atoms in total. The molecule has 0 aliphatic carbocycles. The minimum atomic E-state index is -1.86. The summed E-state index contributed by atoms with van der Waals surface area (Å²) >= 11 is 28.2. The molecule has 1 unspecified atom stereocenters. The average molecular weight is 294 g/mol. The van der Waals surface area contributed by atoms with Crippen LogP contribution in [0.3, 0.4) is 0 Å². The molecule has 0 saturated heterocycles. The molecule has 78 valence electrons. The van der Waals surface area contributed by atoms with Crippen molar-refractivity contribution in [2.45, 2.75) is 8.85 Å². The molecule has 6 heteroatoms. The second-order valence-electron chi connectivity index (χ2n) is 2.54. The van der Waals surface area contributed by atoms with Crippen molar-refractivity contribution in [2.75, 3.05) is 0 Å². The maximum Gasteiger partial charge on any atom is 0.239 e. The molecule has 1 rings (SSSR count). The van der Waals surface area contributed by atoms with Gasteiger partial charge in [0.05, 0.1) is 11.9 Å². The highest BCUT2D eigenvalue weighted by Gasteiger charge is 2.50. The van der Waals surface area contributed by atoms with Crippen LogP contribution in [0.25, 0.3) is 0 Å². The van der Waals surface area contributed by atoms with Crippen LogP contribution < -0.4 is 0 Å². The van der Waals surface area contributed by atoms with E-state index in [1.165, 1.54) is 0 Å². The second kappa shape index (κ2) is 4.65. The summed E-state index contributed by atoms with van der Waals surface area (Å²) in [5.74, 6) is 0. The molecule has 0 heterocycles. The quantitative estimate of drug-likeness (QED) is 0.723. The largest absolute Gasteiger partial charge is 0.247 e. The van der Waals surface area contributed by atoms with Crippen LogP contribution in [-0.4, -0.2) is 3.79 Å². The minimum absolute atomic E-state index is 0.469. The fourth-order valence-corrected chi connectivity index (χ4v) is 1.80. The Morgan fingerprint density at radius 3 is 1.79 bits per heavy atom. The van der Waals surface area contributed by atoms with Crippen molar-refractivity contribution in [3.8, 4) is 0 Å². The molecular weight excluding hydrogens is 289 g/mol. The van der Waals surface area contributed by atoms with Crippen LogP contribution >= 0.6 is 58.3 Å². The zero-order chi connectivity index (χ0) is 10.8. The van der Waals surface area contributed by atoms with Gasteiger partial charge in [0.15, 0.2) is 0 Å². The Kier molecular flexibility index (Phi) is 4.22. The lowest BCUT2D eigenvalue weighted by atomic mass is 10.1. The SMILES string of the molecule is ClOC(Cl)(c1ccccc1)C(Cl)(Cl)Cl. The zero-order valence-electron chi connectivity index (χ0n) is 6.68. The molecule has 0 spiro atoms. The van der Waals surface area contributed by atoms with E-state index in [0.717, 1.165) is 0 Å². The Labute approximate surface area is 107 Å². The van der Waals surface area contributed by atoms with E-state index >= 15 is 0 Å². The van der Waals surface area contributed by atoms with Crippen molar-refractivity contribution < 1.29 is 4.29 Å². The van der Waals surface area contributed by atoms with Crippen molar-refractivity contribution in [1.29, 1.82) is 0 Å². The number of rotatable bonds is 2. The van der Waals surface area contributed by atoms with Gasteiger partial charge in [0, 0.05) is 5.56 Å². The molecule has 0 amide bonds. The molecular formula is C8H5Cl5O. The predicted molar refractivity (Wildman–Crippen MR) is 61.2 cm³/mol. The van der Waals surface area contributed by atoms with Gasteiger partial charge in [-0.2, -0.15) is 0 Å². The van der Waals surface area contributed by atoms with Gasteiger partial charge < -0.3 is 0 Å². The topological polar surface area (TPSA) is 9.23 Å². The van der Waals surface area contributed by atoms with Crippen molar-refractivity contribution in [2.24, 2.45) is 0 Å². The first kappa shape index (κ1) is 12.7. The summed E-state index contributed by atoms with van der Waals surface area (Å²) in [5, 5.41) is -1.69. The summed E-state index contributed by atoms with van der Waals surface area (Å²) in [5.41, 5.74) is 0.469. The van der Waals surface area contributed by atoms with E-state index in [0.29, 0.717) is 5.56 Å². The van der Waals surface area contributed by atoms with Crippen molar-refractivity contribution in [3.05, 3.63) is 35.9 Å². The summed E-state index contributed by atoms with van der Waals surface area (Å²) in [6.45, 7) is 0. The molecule has 0 aliphatic rings. The molecule has 0 aliphatic heterocycles. The molecule has 0 fully saturated rings. The maximum absolute atomic E-state index is 5.98. The fraction of sp³-hybridized carbons (Fsp3) is 0.250. The molecule has 0 N–H and O–H groups in total. The summed E-state index contributed by atoms with van der Waals surface area (Å²) in [6.07, 6.45) is 0. The Balaban J connectivity index is 3.15. The van der Waals surface area contributed by atoms with Gasteiger partial charge in [-0.05, 0) is 0 Å². The van der Waals surface area contributed by atoms with Crippen molar-refractivity contribution in [1.82, 2.24) is 0 Å². The van der Waals surface area contributed by atoms with Crippen LogP contribution in [0.15, 0.2) is 30.3 Å². The normalized spacial score (nSPS) is 16.4. The van der Waals surface area contributed by atoms with Gasteiger partial charge in [-0.25, -0.2) is 4.29 Å². The minimum Gasteiger partial charge on any atom is -0.247 e.